The molecule has 3 aromatic rings. The number of benzene rings is 1. The van der Waals surface area contributed by atoms with Crippen molar-refractivity contribution in [1.82, 2.24) is 34.9 Å². The molecule has 1 atom stereocenters. The van der Waals surface area contributed by atoms with Crippen molar-refractivity contribution >= 4 is 17.7 Å². The van der Waals surface area contributed by atoms with Crippen LogP contribution >= 0.6 is 0 Å². The summed E-state index contributed by atoms with van der Waals surface area (Å²) in [6, 6.07) is 6.42. The largest absolute Gasteiger partial charge is 0.493 e. The van der Waals surface area contributed by atoms with Gasteiger partial charge in [-0.15, -0.1) is 0 Å². The van der Waals surface area contributed by atoms with Crippen molar-refractivity contribution < 1.29 is 23.9 Å². The first-order valence-corrected chi connectivity index (χ1v) is 14.2. The van der Waals surface area contributed by atoms with Crippen LogP contribution in [0.3, 0.4) is 0 Å². The lowest BCUT2D eigenvalue weighted by molar-refractivity contribution is -0.123. The number of aromatic nitrogens is 4. The molecule has 12 nitrogen and oxygen atoms in total. The molecule has 0 saturated heterocycles. The molecular formula is C30H41N7O5. The lowest BCUT2D eigenvalue weighted by atomic mass is 10.0. The average Bonchev–Trinajstić information content (AvgIpc) is 3.45. The number of nitrogens with zero attached hydrogens (tertiary/aromatic N) is 5. The second kappa shape index (κ2) is 13.1. The highest BCUT2D eigenvalue weighted by Crippen LogP contribution is 2.28. The van der Waals surface area contributed by atoms with Gasteiger partial charge in [-0.05, 0) is 57.4 Å². The van der Waals surface area contributed by atoms with E-state index in [9.17, 15) is 14.4 Å². The Hall–Kier alpha value is -4.35. The van der Waals surface area contributed by atoms with E-state index in [0.717, 1.165) is 11.4 Å². The van der Waals surface area contributed by atoms with Gasteiger partial charge in [0.25, 0.3) is 11.8 Å². The molecule has 3 heterocycles. The number of carbonyl (C=O) groups is 3. The number of ether oxygens (including phenoxy) is 2. The van der Waals surface area contributed by atoms with Gasteiger partial charge in [0.2, 0.25) is 5.91 Å². The number of hydrogen-bond donors (Lipinski definition) is 2. The van der Waals surface area contributed by atoms with Gasteiger partial charge < -0.3 is 29.6 Å². The second-order valence-corrected chi connectivity index (χ2v) is 10.9. The first-order valence-electron chi connectivity index (χ1n) is 14.2. The van der Waals surface area contributed by atoms with Gasteiger partial charge in [-0.25, -0.2) is 9.67 Å². The van der Waals surface area contributed by atoms with E-state index >= 15 is 0 Å². The van der Waals surface area contributed by atoms with Crippen molar-refractivity contribution in [3.63, 3.8) is 0 Å². The number of rotatable bonds is 3. The Morgan fingerprint density at radius 3 is 2.57 bits per heavy atom. The van der Waals surface area contributed by atoms with Gasteiger partial charge in [0.1, 0.15) is 18.3 Å². The standard InChI is InChI=1S/C30H41N7O5/c1-18(2)27-28-32-21(5)34-37(28)13-14-42-25-16-22(9-10-24(25)41-7)29(39)31-11-8-12-36(17-26(38)33-27)30(40)23-15-19(3)35(6)20(23)4/h9-10,15-16,18,27H,8,11-14,17H2,1-7H3,(H,31,39)(H,33,38)/t27-/m0/s1. The molecule has 2 aromatic heterocycles. The molecule has 0 unspecified atom stereocenters. The Kier molecular flexibility index (Phi) is 9.54. The zero-order chi connectivity index (χ0) is 30.6. The van der Waals surface area contributed by atoms with Crippen LogP contribution in [0.25, 0.3) is 0 Å². The van der Waals surface area contributed by atoms with E-state index in [0.29, 0.717) is 53.8 Å². The highest BCUT2D eigenvalue weighted by Gasteiger charge is 2.28. The van der Waals surface area contributed by atoms with Crippen LogP contribution in [0.2, 0.25) is 0 Å². The van der Waals surface area contributed by atoms with Crippen LogP contribution in [0.5, 0.6) is 11.5 Å². The number of methoxy groups -OCH3 is 1. The number of nitrogens with one attached hydrogen (secondary N) is 2. The number of hydrogen-bond acceptors (Lipinski definition) is 7. The molecule has 0 aliphatic carbocycles. The van der Waals surface area contributed by atoms with Crippen LogP contribution in [0.1, 0.15) is 70.1 Å². The third-order valence-electron chi connectivity index (χ3n) is 7.57. The van der Waals surface area contributed by atoms with E-state index in [1.165, 1.54) is 0 Å². The molecule has 12 heteroatoms. The molecule has 1 aliphatic heterocycles. The van der Waals surface area contributed by atoms with Gasteiger partial charge in [-0.1, -0.05) is 13.8 Å². The summed E-state index contributed by atoms with van der Waals surface area (Å²) < 4.78 is 15.1. The van der Waals surface area contributed by atoms with Crippen molar-refractivity contribution in [3.05, 3.63) is 58.4 Å². The van der Waals surface area contributed by atoms with Crippen molar-refractivity contribution in [1.29, 1.82) is 0 Å². The quantitative estimate of drug-likeness (QED) is 0.488. The Morgan fingerprint density at radius 2 is 1.90 bits per heavy atom. The molecule has 42 heavy (non-hydrogen) atoms. The summed E-state index contributed by atoms with van der Waals surface area (Å²) in [5, 5.41) is 10.5. The van der Waals surface area contributed by atoms with Crippen molar-refractivity contribution in [2.75, 3.05) is 33.4 Å². The predicted octanol–water partition coefficient (Wildman–Crippen LogP) is 2.72. The topological polar surface area (TPSA) is 133 Å². The first kappa shape index (κ1) is 30.6. The zero-order valence-electron chi connectivity index (χ0n) is 25.5. The monoisotopic (exact) mass is 579 g/mol. The Labute approximate surface area is 246 Å². The van der Waals surface area contributed by atoms with Gasteiger partial charge in [0.05, 0.1) is 31.8 Å². The van der Waals surface area contributed by atoms with Crippen LogP contribution in [-0.4, -0.2) is 75.3 Å². The van der Waals surface area contributed by atoms with Crippen LogP contribution in [0.4, 0.5) is 0 Å². The van der Waals surface area contributed by atoms with Gasteiger partial charge in [-0.3, -0.25) is 14.4 Å². The molecule has 0 saturated carbocycles. The lowest BCUT2D eigenvalue weighted by Crippen LogP contribution is -2.44. The van der Waals surface area contributed by atoms with E-state index in [4.69, 9.17) is 9.47 Å². The minimum atomic E-state index is -0.438. The van der Waals surface area contributed by atoms with Crippen molar-refractivity contribution in [3.8, 4) is 11.5 Å². The molecule has 0 radical (unpaired) electrons. The molecule has 2 N–H and O–H groups in total. The van der Waals surface area contributed by atoms with Gasteiger partial charge in [0.15, 0.2) is 11.5 Å². The maximum Gasteiger partial charge on any atom is 0.256 e. The fraction of sp³-hybridized carbons (Fsp3) is 0.500. The summed E-state index contributed by atoms with van der Waals surface area (Å²) in [5.74, 6) is 1.30. The summed E-state index contributed by atoms with van der Waals surface area (Å²) in [4.78, 5) is 46.3. The molecule has 3 amide bonds. The van der Waals surface area contributed by atoms with Crippen LogP contribution < -0.4 is 20.1 Å². The molecule has 2 bridgehead atoms. The van der Waals surface area contributed by atoms with Crippen LogP contribution in [0.15, 0.2) is 24.3 Å². The molecule has 0 fully saturated rings. The average molecular weight is 580 g/mol. The van der Waals surface area contributed by atoms with E-state index in [1.54, 1.807) is 41.8 Å². The fourth-order valence-electron chi connectivity index (χ4n) is 5.03. The highest BCUT2D eigenvalue weighted by atomic mass is 16.5. The molecule has 226 valence electrons. The summed E-state index contributed by atoms with van der Waals surface area (Å²) in [6.07, 6.45) is 0.455. The van der Waals surface area contributed by atoms with E-state index in [2.05, 4.69) is 20.7 Å². The number of amides is 3. The molecule has 1 aromatic carbocycles. The number of aryl methyl sites for hydroxylation is 2. The summed E-state index contributed by atoms with van der Waals surface area (Å²) in [6.45, 7) is 10.7. The Bertz CT molecular complexity index is 1460. The van der Waals surface area contributed by atoms with E-state index in [-0.39, 0.29) is 43.3 Å². The highest BCUT2D eigenvalue weighted by molar-refractivity contribution is 5.98. The smallest absolute Gasteiger partial charge is 0.256 e. The Morgan fingerprint density at radius 1 is 1.14 bits per heavy atom. The summed E-state index contributed by atoms with van der Waals surface area (Å²) >= 11 is 0. The second-order valence-electron chi connectivity index (χ2n) is 10.9. The zero-order valence-corrected chi connectivity index (χ0v) is 25.5. The molecule has 0 spiro atoms. The third kappa shape index (κ3) is 6.75. The van der Waals surface area contributed by atoms with Gasteiger partial charge >= 0.3 is 0 Å². The minimum absolute atomic E-state index is 0.00188. The van der Waals surface area contributed by atoms with E-state index < -0.39 is 6.04 Å². The van der Waals surface area contributed by atoms with Crippen LogP contribution in [-0.2, 0) is 18.4 Å². The normalized spacial score (nSPS) is 17.0. The summed E-state index contributed by atoms with van der Waals surface area (Å²) in [7, 11) is 3.45. The summed E-state index contributed by atoms with van der Waals surface area (Å²) in [5.41, 5.74) is 2.75. The third-order valence-corrected chi connectivity index (χ3v) is 7.57. The number of fused-ring (bicyclic) bond motifs is 3. The minimum Gasteiger partial charge on any atom is -0.493 e. The molecule has 4 rings (SSSR count). The van der Waals surface area contributed by atoms with E-state index in [1.807, 2.05) is 45.4 Å². The van der Waals surface area contributed by atoms with Gasteiger partial charge in [0, 0.05) is 37.1 Å². The SMILES string of the molecule is COc1ccc2cc1OCCn1nc(C)nc1[C@H](C(C)C)NC(=O)CN(C(=O)c1cc(C)n(C)c1C)CCCNC2=O. The molecule has 1 aliphatic rings. The lowest BCUT2D eigenvalue weighted by Gasteiger charge is -2.26. The Balaban J connectivity index is 1.68. The molecular weight excluding hydrogens is 538 g/mol. The van der Waals surface area contributed by atoms with Gasteiger partial charge in [-0.2, -0.15) is 5.10 Å². The number of carbonyl (C=O) groups excluding carboxylic acids is 3. The maximum atomic E-state index is 13.7. The maximum absolute atomic E-state index is 13.7. The first-order chi connectivity index (χ1) is 20.0. The van der Waals surface area contributed by atoms with Crippen molar-refractivity contribution in [2.45, 2.75) is 53.6 Å². The predicted molar refractivity (Wildman–Crippen MR) is 157 cm³/mol. The fourth-order valence-corrected chi connectivity index (χ4v) is 5.03. The van der Waals surface area contributed by atoms with Crippen LogP contribution in [0, 0.1) is 26.7 Å². The van der Waals surface area contributed by atoms with Crippen molar-refractivity contribution in [2.24, 2.45) is 13.0 Å².